The van der Waals surface area contributed by atoms with Gasteiger partial charge in [-0.15, -0.1) is 0 Å². The molecule has 3 saturated heterocycles. The lowest BCUT2D eigenvalue weighted by molar-refractivity contribution is -0.294. The van der Waals surface area contributed by atoms with Crippen LogP contribution in [0, 0.1) is 23.7 Å². The summed E-state index contributed by atoms with van der Waals surface area (Å²) in [5.41, 5.74) is -1.23. The highest BCUT2D eigenvalue weighted by molar-refractivity contribution is 6.00. The van der Waals surface area contributed by atoms with Gasteiger partial charge in [0.05, 0.1) is 41.4 Å². The van der Waals surface area contributed by atoms with Gasteiger partial charge in [-0.3, -0.25) is 14.4 Å². The second-order valence-corrected chi connectivity index (χ2v) is 17.7. The van der Waals surface area contributed by atoms with Crippen molar-refractivity contribution in [2.75, 3.05) is 34.3 Å². The van der Waals surface area contributed by atoms with Gasteiger partial charge in [-0.1, -0.05) is 69.3 Å². The number of likely N-dealkylation sites (N-methyl/N-ethyl adjacent to an activating group) is 1. The van der Waals surface area contributed by atoms with E-state index in [2.05, 4.69) is 22.8 Å². The minimum atomic E-state index is -1.44. The molecule has 3 fully saturated rings. The fourth-order valence-electron chi connectivity index (χ4n) is 9.40. The van der Waals surface area contributed by atoms with Crippen LogP contribution in [0.15, 0.2) is 60.7 Å². The van der Waals surface area contributed by atoms with E-state index in [4.69, 9.17) is 28.4 Å². The van der Waals surface area contributed by atoms with E-state index in [9.17, 15) is 19.2 Å². The molecule has 3 heterocycles. The third kappa shape index (κ3) is 11.1. The van der Waals surface area contributed by atoms with Gasteiger partial charge >= 0.3 is 18.0 Å². The fourth-order valence-corrected chi connectivity index (χ4v) is 9.40. The zero-order chi connectivity index (χ0) is 44.6. The van der Waals surface area contributed by atoms with Gasteiger partial charge in [0.2, 0.25) is 0 Å². The maximum absolute atomic E-state index is 15.0. The molecule has 0 spiro atoms. The molecular weight excluding hydrogens is 783 g/mol. The van der Waals surface area contributed by atoms with Crippen LogP contribution < -0.4 is 10.6 Å². The van der Waals surface area contributed by atoms with Crippen LogP contribution in [0.5, 0.6) is 0 Å². The van der Waals surface area contributed by atoms with Crippen molar-refractivity contribution in [3.05, 3.63) is 71.8 Å². The van der Waals surface area contributed by atoms with Crippen LogP contribution in [0.25, 0.3) is 0 Å². The molecule has 1 unspecified atom stereocenters. The smallest absolute Gasteiger partial charge is 0.408 e. The van der Waals surface area contributed by atoms with Gasteiger partial charge in [0.25, 0.3) is 0 Å². The summed E-state index contributed by atoms with van der Waals surface area (Å²) in [6.07, 6.45) is -2.79. The van der Waals surface area contributed by atoms with E-state index >= 15 is 4.79 Å². The van der Waals surface area contributed by atoms with Crippen LogP contribution in [0.3, 0.4) is 0 Å². The summed E-state index contributed by atoms with van der Waals surface area (Å²) in [7, 11) is 5.26. The quantitative estimate of drug-likeness (QED) is 0.112. The number of ether oxygens (including phenoxy) is 6. The van der Waals surface area contributed by atoms with Gasteiger partial charge in [0, 0.05) is 25.5 Å². The molecule has 14 nitrogen and oxygen atoms in total. The van der Waals surface area contributed by atoms with Crippen molar-refractivity contribution in [2.24, 2.45) is 23.7 Å². The van der Waals surface area contributed by atoms with Gasteiger partial charge in [-0.05, 0) is 98.1 Å². The minimum Gasteiger partial charge on any atom is -0.458 e. The van der Waals surface area contributed by atoms with Crippen LogP contribution in [0.4, 0.5) is 4.79 Å². The number of fused-ring (bicyclic) bond motifs is 1. The Balaban J connectivity index is 1.52. The van der Waals surface area contributed by atoms with Crippen LogP contribution in [0.2, 0.25) is 0 Å². The zero-order valence-electron chi connectivity index (χ0n) is 37.5. The van der Waals surface area contributed by atoms with E-state index < -0.39 is 89.3 Å². The Kier molecular flexibility index (Phi) is 16.3. The standard InChI is InChI=1S/C47H67N3O11/c1-11-36-47(7)40(49-45(55)61-47)34(27-48-24-18-21-32-19-14-12-15-20-32)37(51)28(2)26-46(6,56-10)41(30(4)38(52)31(5)42(53)58-36)60-44-39(35(50(8)9)25-29(3)57-44)59-43(54)33-22-16-13-17-23-33/h12-17,19-20,22-23,28-31,34-36,39-41,44,48H,11,18,21,24-27H2,1-10H3,(H,49,55)/t28-,29-,30+,31-,34+,35+,36-,39-,40?,41-,44+,46+,47-/m1/s1. The Labute approximate surface area is 361 Å². The fraction of sp³-hybridized carbons (Fsp3) is 0.638. The third-order valence-corrected chi connectivity index (χ3v) is 13.0. The van der Waals surface area contributed by atoms with Gasteiger partial charge in [-0.25, -0.2) is 9.59 Å². The number of amides is 1. The number of aryl methyl sites for hydroxylation is 1. The number of cyclic esters (lactones) is 1. The average molecular weight is 850 g/mol. The molecule has 2 aromatic rings. The molecule has 3 aliphatic heterocycles. The number of nitrogens with one attached hydrogen (secondary N) is 2. The lowest BCUT2D eigenvalue weighted by Crippen LogP contribution is -2.61. The van der Waals surface area contributed by atoms with Gasteiger partial charge in [0.1, 0.15) is 17.8 Å². The molecule has 0 bridgehead atoms. The van der Waals surface area contributed by atoms with E-state index in [-0.39, 0.29) is 37.3 Å². The highest BCUT2D eigenvalue weighted by atomic mass is 16.7. The molecule has 0 aliphatic carbocycles. The third-order valence-electron chi connectivity index (χ3n) is 13.0. The van der Waals surface area contributed by atoms with Gasteiger partial charge < -0.3 is 44.0 Å². The molecular formula is C47H67N3O11. The molecule has 2 N–H and O–H groups in total. The van der Waals surface area contributed by atoms with Crippen molar-refractivity contribution in [1.82, 2.24) is 15.5 Å². The molecule has 14 heteroatoms. The first kappa shape index (κ1) is 47.8. The molecule has 5 rings (SSSR count). The van der Waals surface area contributed by atoms with Crippen molar-refractivity contribution in [1.29, 1.82) is 0 Å². The number of alkyl carbamates (subject to hydrolysis) is 1. The molecule has 3 aliphatic rings. The topological polar surface area (TPSA) is 168 Å². The maximum atomic E-state index is 15.0. The molecule has 2 aromatic carbocycles. The van der Waals surface area contributed by atoms with Gasteiger partial charge in [0.15, 0.2) is 23.8 Å². The number of Topliss-reactive ketones (excluding diaryl/α,β-unsaturated/α-hetero) is 2. The van der Waals surface area contributed by atoms with Crippen molar-refractivity contribution in [2.45, 2.75) is 135 Å². The number of nitrogens with zero attached hydrogens (tertiary/aromatic N) is 1. The summed E-state index contributed by atoms with van der Waals surface area (Å²) in [6.45, 7) is 12.9. The number of rotatable bonds is 13. The second kappa shape index (κ2) is 20.8. The zero-order valence-corrected chi connectivity index (χ0v) is 37.5. The summed E-state index contributed by atoms with van der Waals surface area (Å²) in [4.78, 5) is 72.3. The molecule has 336 valence electrons. The predicted octanol–water partition coefficient (Wildman–Crippen LogP) is 5.55. The number of hydrogen-bond donors (Lipinski definition) is 2. The molecule has 0 radical (unpaired) electrons. The van der Waals surface area contributed by atoms with Gasteiger partial charge in [-0.2, -0.15) is 0 Å². The first-order chi connectivity index (χ1) is 28.9. The number of carbonyl (C=O) groups is 5. The van der Waals surface area contributed by atoms with E-state index in [0.717, 1.165) is 12.8 Å². The Morgan fingerprint density at radius 2 is 1.61 bits per heavy atom. The average Bonchev–Trinajstić information content (AvgIpc) is 3.56. The molecule has 61 heavy (non-hydrogen) atoms. The summed E-state index contributed by atoms with van der Waals surface area (Å²) in [5, 5.41) is 6.37. The second-order valence-electron chi connectivity index (χ2n) is 17.7. The molecule has 0 saturated carbocycles. The molecule has 13 atom stereocenters. The largest absolute Gasteiger partial charge is 0.458 e. The lowest BCUT2D eigenvalue weighted by atomic mass is 9.73. The Hall–Kier alpha value is -4.21. The van der Waals surface area contributed by atoms with E-state index in [1.807, 2.05) is 44.1 Å². The highest BCUT2D eigenvalue weighted by Crippen LogP contribution is 2.40. The van der Waals surface area contributed by atoms with Crippen LogP contribution >= 0.6 is 0 Å². The van der Waals surface area contributed by atoms with Crippen LogP contribution in [-0.2, 0) is 49.2 Å². The van der Waals surface area contributed by atoms with Crippen LogP contribution in [-0.4, -0.2) is 123 Å². The van der Waals surface area contributed by atoms with Crippen molar-refractivity contribution < 1.29 is 52.4 Å². The van der Waals surface area contributed by atoms with Crippen LogP contribution in [0.1, 0.15) is 90.1 Å². The number of carbonyl (C=O) groups excluding carboxylic acids is 5. The Bertz CT molecular complexity index is 1810. The summed E-state index contributed by atoms with van der Waals surface area (Å²) >= 11 is 0. The number of methoxy groups -OCH3 is 1. The monoisotopic (exact) mass is 849 g/mol. The minimum absolute atomic E-state index is 0.0806. The van der Waals surface area contributed by atoms with Crippen molar-refractivity contribution in [3.63, 3.8) is 0 Å². The molecule has 0 aromatic heterocycles. The Morgan fingerprint density at radius 1 is 0.951 bits per heavy atom. The summed E-state index contributed by atoms with van der Waals surface area (Å²) in [5.74, 6) is -5.84. The SMILES string of the molecule is CC[C@H]1OC(=O)[C@H](C)C(=O)[C@H](C)[C@@H](O[C@@H]2O[C@H](C)C[C@H](N(C)C)[C@H]2OC(=O)c2ccccc2)[C@@](C)(OC)C[C@@H](C)C(=O)[C@H](CNCCCc2ccccc2)C2NC(=O)O[C@@]21C. The first-order valence-electron chi connectivity index (χ1n) is 21.7. The lowest BCUT2D eigenvalue weighted by Gasteiger charge is -2.47. The summed E-state index contributed by atoms with van der Waals surface area (Å²) in [6, 6.07) is 17.5. The number of esters is 2. The van der Waals surface area contributed by atoms with Crippen molar-refractivity contribution >= 4 is 29.6 Å². The normalized spacial score (nSPS) is 35.1. The number of benzene rings is 2. The Morgan fingerprint density at radius 3 is 2.23 bits per heavy atom. The molecule has 1 amide bonds. The number of hydrogen-bond acceptors (Lipinski definition) is 13. The van der Waals surface area contributed by atoms with Crippen molar-refractivity contribution in [3.8, 4) is 0 Å². The predicted molar refractivity (Wildman–Crippen MR) is 228 cm³/mol. The first-order valence-corrected chi connectivity index (χ1v) is 21.7. The number of ketones is 2. The highest BCUT2D eigenvalue weighted by Gasteiger charge is 2.58. The van der Waals surface area contributed by atoms with E-state index in [1.54, 1.807) is 65.0 Å². The summed E-state index contributed by atoms with van der Waals surface area (Å²) < 4.78 is 37.9. The van der Waals surface area contributed by atoms with E-state index in [0.29, 0.717) is 18.5 Å². The maximum Gasteiger partial charge on any atom is 0.408 e. The van der Waals surface area contributed by atoms with E-state index in [1.165, 1.54) is 19.6 Å².